The lowest BCUT2D eigenvalue weighted by Gasteiger charge is -2.34. The van der Waals surface area contributed by atoms with Crippen LogP contribution in [0.2, 0.25) is 0 Å². The first kappa shape index (κ1) is 21.4. The van der Waals surface area contributed by atoms with E-state index in [0.29, 0.717) is 6.61 Å². The Morgan fingerprint density at radius 2 is 1.69 bits per heavy atom. The molecule has 5 rings (SSSR count). The van der Waals surface area contributed by atoms with E-state index in [4.69, 9.17) is 4.74 Å². The summed E-state index contributed by atoms with van der Waals surface area (Å²) in [6.45, 7) is 4.41. The molecule has 3 nitrogen and oxygen atoms in total. The quantitative estimate of drug-likeness (QED) is 0.343. The van der Waals surface area contributed by atoms with E-state index in [1.54, 1.807) is 12.1 Å². The van der Waals surface area contributed by atoms with Gasteiger partial charge in [0.2, 0.25) is 0 Å². The molecule has 3 aromatic carbocycles. The third kappa shape index (κ3) is 4.82. The molecule has 2 atom stereocenters. The van der Waals surface area contributed by atoms with Gasteiger partial charge in [-0.25, -0.2) is 0 Å². The molecule has 2 heterocycles. The predicted octanol–water partition coefficient (Wildman–Crippen LogP) is 6.28. The monoisotopic (exact) mass is 445 g/mol. The van der Waals surface area contributed by atoms with Crippen LogP contribution >= 0.6 is 11.8 Å². The Morgan fingerprint density at radius 1 is 0.906 bits per heavy atom. The molecule has 3 aromatic rings. The number of nitrogens with zero attached hydrogens (tertiary/aromatic N) is 1. The number of phenolic OH excluding ortho intramolecular Hbond substituents is 1. The number of thioether (sulfide) groups is 1. The van der Waals surface area contributed by atoms with Gasteiger partial charge in [-0.2, -0.15) is 0 Å². The van der Waals surface area contributed by atoms with E-state index in [9.17, 15) is 5.11 Å². The lowest BCUT2D eigenvalue weighted by Crippen LogP contribution is -2.25. The largest absolute Gasteiger partial charge is 0.508 e. The third-order valence-electron chi connectivity index (χ3n) is 6.71. The van der Waals surface area contributed by atoms with Crippen LogP contribution < -0.4 is 4.74 Å². The average molecular weight is 446 g/mol. The second-order valence-corrected chi connectivity index (χ2v) is 10.0. The van der Waals surface area contributed by atoms with Gasteiger partial charge in [0.15, 0.2) is 0 Å². The van der Waals surface area contributed by atoms with Gasteiger partial charge in [0.25, 0.3) is 0 Å². The Bertz CT molecular complexity index is 1020. The molecule has 32 heavy (non-hydrogen) atoms. The Kier molecular flexibility index (Phi) is 6.70. The summed E-state index contributed by atoms with van der Waals surface area (Å²) >= 11 is 1.96. The minimum absolute atomic E-state index is 0.205. The molecule has 4 heteroatoms. The van der Waals surface area contributed by atoms with Crippen LogP contribution in [-0.2, 0) is 0 Å². The summed E-state index contributed by atoms with van der Waals surface area (Å²) in [5, 5.41) is 9.95. The van der Waals surface area contributed by atoms with Crippen molar-refractivity contribution >= 4 is 11.8 Å². The van der Waals surface area contributed by atoms with Crippen LogP contribution in [-0.4, -0.2) is 42.0 Å². The van der Waals surface area contributed by atoms with Gasteiger partial charge in [-0.05, 0) is 74.0 Å². The summed E-state index contributed by atoms with van der Waals surface area (Å²) in [6.07, 6.45) is 3.99. The van der Waals surface area contributed by atoms with Gasteiger partial charge >= 0.3 is 0 Å². The van der Waals surface area contributed by atoms with Crippen molar-refractivity contribution in [3.8, 4) is 11.5 Å². The van der Waals surface area contributed by atoms with Crippen LogP contribution in [0.25, 0.3) is 0 Å². The highest BCUT2D eigenvalue weighted by Gasteiger charge is 2.33. The topological polar surface area (TPSA) is 32.7 Å². The van der Waals surface area contributed by atoms with Gasteiger partial charge in [-0.15, -0.1) is 11.8 Å². The molecule has 0 bridgehead atoms. The van der Waals surface area contributed by atoms with Gasteiger partial charge in [-0.3, -0.25) is 0 Å². The van der Waals surface area contributed by atoms with Gasteiger partial charge < -0.3 is 14.7 Å². The number of phenols is 1. The number of hydrogen-bond acceptors (Lipinski definition) is 4. The Balaban J connectivity index is 1.33. The molecule has 0 aromatic heterocycles. The second-order valence-electron chi connectivity index (χ2n) is 8.85. The van der Waals surface area contributed by atoms with Crippen LogP contribution in [0.3, 0.4) is 0 Å². The Morgan fingerprint density at radius 3 is 2.47 bits per heavy atom. The summed E-state index contributed by atoms with van der Waals surface area (Å²) < 4.78 is 6.09. The maximum atomic E-state index is 9.95. The summed E-state index contributed by atoms with van der Waals surface area (Å²) in [6, 6.07) is 25.3. The van der Waals surface area contributed by atoms with Crippen molar-refractivity contribution < 1.29 is 9.84 Å². The first-order chi connectivity index (χ1) is 15.8. The van der Waals surface area contributed by atoms with Crippen LogP contribution in [0.5, 0.6) is 11.5 Å². The van der Waals surface area contributed by atoms with Crippen molar-refractivity contribution in [1.29, 1.82) is 0 Å². The lowest BCUT2D eigenvalue weighted by molar-refractivity contribution is 0.248. The highest BCUT2D eigenvalue weighted by Crippen LogP contribution is 2.47. The summed E-state index contributed by atoms with van der Waals surface area (Å²) in [5.74, 6) is 2.66. The average Bonchev–Trinajstić information content (AvgIpc) is 3.36. The molecule has 0 radical (unpaired) electrons. The van der Waals surface area contributed by atoms with Crippen molar-refractivity contribution in [2.45, 2.75) is 36.0 Å². The summed E-state index contributed by atoms with van der Waals surface area (Å²) in [4.78, 5) is 3.93. The van der Waals surface area contributed by atoms with Crippen LogP contribution in [0, 0.1) is 0 Å². The minimum Gasteiger partial charge on any atom is -0.508 e. The molecule has 2 aliphatic rings. The molecule has 2 aliphatic heterocycles. The van der Waals surface area contributed by atoms with Crippen LogP contribution in [0.15, 0.2) is 77.7 Å². The van der Waals surface area contributed by atoms with E-state index in [1.807, 2.05) is 17.8 Å². The third-order valence-corrected chi connectivity index (χ3v) is 7.80. The molecule has 0 spiro atoms. The fraction of sp³-hybridized carbons (Fsp3) is 0.357. The predicted molar refractivity (Wildman–Crippen MR) is 132 cm³/mol. The van der Waals surface area contributed by atoms with Gasteiger partial charge in [0.1, 0.15) is 11.5 Å². The second kappa shape index (κ2) is 10.0. The van der Waals surface area contributed by atoms with E-state index in [1.165, 1.54) is 60.7 Å². The molecular formula is C28H31NO2S. The smallest absolute Gasteiger partial charge is 0.126 e. The van der Waals surface area contributed by atoms with Crippen molar-refractivity contribution in [2.24, 2.45) is 0 Å². The zero-order valence-corrected chi connectivity index (χ0v) is 19.3. The van der Waals surface area contributed by atoms with E-state index in [0.717, 1.165) is 11.3 Å². The van der Waals surface area contributed by atoms with E-state index >= 15 is 0 Å². The number of aromatic hydroxyl groups is 1. The molecule has 0 amide bonds. The summed E-state index contributed by atoms with van der Waals surface area (Å²) in [7, 11) is 0. The molecule has 1 saturated heterocycles. The Hall–Kier alpha value is -2.43. The fourth-order valence-corrected chi connectivity index (χ4v) is 5.89. The maximum Gasteiger partial charge on any atom is 0.126 e. The highest BCUT2D eigenvalue weighted by atomic mass is 32.2. The van der Waals surface area contributed by atoms with Crippen LogP contribution in [0.4, 0.5) is 0 Å². The normalized spacial score (nSPS) is 20.6. The standard InChI is InChI=1S/C28H31NO2S/c30-23-11-14-25-27(19-23)31-20-26(21-7-2-1-3-8-21)28(25)22-9-12-24(13-10-22)32-18-6-17-29-15-4-5-16-29/h1-3,7-14,19,26,28,30H,4-6,15-18,20H2. The van der Waals surface area contributed by atoms with Crippen LogP contribution in [0.1, 0.15) is 47.8 Å². The highest BCUT2D eigenvalue weighted by molar-refractivity contribution is 7.99. The number of benzene rings is 3. The summed E-state index contributed by atoms with van der Waals surface area (Å²) in [5.41, 5.74) is 3.74. The SMILES string of the molecule is Oc1ccc2c(c1)OCC(c1ccccc1)C2c1ccc(SCCCN2CCCC2)cc1. The van der Waals surface area contributed by atoms with Gasteiger partial charge in [0, 0.05) is 28.4 Å². The number of hydrogen-bond donors (Lipinski definition) is 1. The first-order valence-electron chi connectivity index (χ1n) is 11.7. The molecular weight excluding hydrogens is 414 g/mol. The maximum absolute atomic E-state index is 9.95. The number of rotatable bonds is 7. The van der Waals surface area contributed by atoms with E-state index in [-0.39, 0.29) is 17.6 Å². The molecule has 1 fully saturated rings. The van der Waals surface area contributed by atoms with Crippen molar-refractivity contribution in [2.75, 3.05) is 32.0 Å². The van der Waals surface area contributed by atoms with Crippen molar-refractivity contribution in [3.63, 3.8) is 0 Å². The fourth-order valence-electron chi connectivity index (χ4n) is 5.05. The zero-order chi connectivity index (χ0) is 21.8. The zero-order valence-electron chi connectivity index (χ0n) is 18.5. The molecule has 2 unspecified atom stereocenters. The number of likely N-dealkylation sites (tertiary alicyclic amines) is 1. The molecule has 1 N–H and O–H groups in total. The minimum atomic E-state index is 0.205. The first-order valence-corrected chi connectivity index (χ1v) is 12.7. The molecule has 166 valence electrons. The number of ether oxygens (including phenoxy) is 1. The van der Waals surface area contributed by atoms with Crippen molar-refractivity contribution in [3.05, 3.63) is 89.5 Å². The van der Waals surface area contributed by atoms with Gasteiger partial charge in [-0.1, -0.05) is 48.5 Å². The Labute approximate surface area is 195 Å². The molecule has 0 saturated carbocycles. The van der Waals surface area contributed by atoms with E-state index in [2.05, 4.69) is 59.5 Å². The van der Waals surface area contributed by atoms with E-state index < -0.39 is 0 Å². The molecule has 0 aliphatic carbocycles. The number of fused-ring (bicyclic) bond motifs is 1. The lowest BCUT2D eigenvalue weighted by atomic mass is 9.76. The van der Waals surface area contributed by atoms with Gasteiger partial charge in [0.05, 0.1) is 6.61 Å². The van der Waals surface area contributed by atoms with Crippen molar-refractivity contribution in [1.82, 2.24) is 4.90 Å².